The molecule has 0 bridgehead atoms. The van der Waals surface area contributed by atoms with E-state index in [-0.39, 0.29) is 0 Å². The van der Waals surface area contributed by atoms with Crippen molar-refractivity contribution in [1.82, 2.24) is 14.9 Å². The van der Waals surface area contributed by atoms with Crippen LogP contribution in [0.4, 0.5) is 5.82 Å². The molecule has 0 amide bonds. The minimum Gasteiger partial charge on any atom is -0.369 e. The minimum atomic E-state index is 0.571. The van der Waals surface area contributed by atoms with Crippen LogP contribution in [0.25, 0.3) is 11.1 Å². The molecule has 23 heavy (non-hydrogen) atoms. The molecule has 0 saturated heterocycles. The second-order valence-corrected chi connectivity index (χ2v) is 5.28. The first-order valence-corrected chi connectivity index (χ1v) is 8.05. The molecule has 0 unspecified atom stereocenters. The van der Waals surface area contributed by atoms with Crippen molar-refractivity contribution in [2.24, 2.45) is 0 Å². The summed E-state index contributed by atoms with van der Waals surface area (Å²) in [5.41, 5.74) is 2.51. The van der Waals surface area contributed by atoms with Crippen molar-refractivity contribution in [3.05, 3.63) is 42.4 Å². The monoisotopic (exact) mass is 309 g/mol. The predicted octanol–water partition coefficient (Wildman–Crippen LogP) is 3.16. The lowest BCUT2D eigenvalue weighted by molar-refractivity contribution is 0.303. The van der Waals surface area contributed by atoms with Crippen LogP contribution in [0.1, 0.15) is 25.8 Å². The lowest BCUT2D eigenvalue weighted by Crippen LogP contribution is -2.25. The molecule has 2 aromatic rings. The highest BCUT2D eigenvalue weighted by Gasteiger charge is 2.07. The number of hydrogen-bond donors (Lipinski definition) is 1. The van der Waals surface area contributed by atoms with Crippen LogP contribution in [0, 0.1) is 11.3 Å². The molecule has 0 aliphatic heterocycles. The molecule has 0 aliphatic rings. The van der Waals surface area contributed by atoms with E-state index in [9.17, 15) is 5.26 Å². The molecule has 0 spiro atoms. The van der Waals surface area contributed by atoms with Crippen molar-refractivity contribution in [2.45, 2.75) is 20.3 Å². The SMILES string of the molecule is CCN(CC)CCCNc1ncc(-c2ccncc2)cc1C#N. The summed E-state index contributed by atoms with van der Waals surface area (Å²) in [5, 5.41) is 12.6. The van der Waals surface area contributed by atoms with E-state index < -0.39 is 0 Å². The third kappa shape index (κ3) is 4.76. The number of nitrogens with one attached hydrogen (secondary N) is 1. The number of pyridine rings is 2. The third-order valence-corrected chi connectivity index (χ3v) is 3.86. The van der Waals surface area contributed by atoms with Crippen LogP contribution < -0.4 is 5.32 Å². The summed E-state index contributed by atoms with van der Waals surface area (Å²) in [4.78, 5) is 10.8. The minimum absolute atomic E-state index is 0.571. The molecule has 5 heteroatoms. The van der Waals surface area contributed by atoms with Crippen molar-refractivity contribution in [1.29, 1.82) is 5.26 Å². The van der Waals surface area contributed by atoms with Gasteiger partial charge in [-0.15, -0.1) is 0 Å². The molecule has 2 rings (SSSR count). The normalized spacial score (nSPS) is 10.5. The summed E-state index contributed by atoms with van der Waals surface area (Å²) in [6.45, 7) is 8.34. The smallest absolute Gasteiger partial charge is 0.143 e. The van der Waals surface area contributed by atoms with E-state index in [0.717, 1.165) is 43.7 Å². The van der Waals surface area contributed by atoms with Gasteiger partial charge in [0.05, 0.1) is 5.56 Å². The summed E-state index contributed by atoms with van der Waals surface area (Å²) >= 11 is 0. The Balaban J connectivity index is 1.99. The van der Waals surface area contributed by atoms with Crippen LogP contribution in [0.15, 0.2) is 36.8 Å². The second kappa shape index (κ2) is 8.86. The van der Waals surface area contributed by atoms with Crippen molar-refractivity contribution in [3.8, 4) is 17.2 Å². The summed E-state index contributed by atoms with van der Waals surface area (Å²) in [7, 11) is 0. The quantitative estimate of drug-likeness (QED) is 0.759. The zero-order valence-corrected chi connectivity index (χ0v) is 13.8. The third-order valence-electron chi connectivity index (χ3n) is 3.86. The highest BCUT2D eigenvalue weighted by molar-refractivity contribution is 5.67. The molecule has 1 N–H and O–H groups in total. The van der Waals surface area contributed by atoms with Crippen LogP contribution >= 0.6 is 0 Å². The van der Waals surface area contributed by atoms with Crippen molar-refractivity contribution in [2.75, 3.05) is 31.5 Å². The first kappa shape index (κ1) is 16.9. The van der Waals surface area contributed by atoms with E-state index in [0.29, 0.717) is 11.4 Å². The Morgan fingerprint density at radius 2 is 1.91 bits per heavy atom. The topological polar surface area (TPSA) is 64.8 Å². The molecule has 0 aromatic carbocycles. The summed E-state index contributed by atoms with van der Waals surface area (Å²) in [6, 6.07) is 7.92. The van der Waals surface area contributed by atoms with Crippen LogP contribution in [0.2, 0.25) is 0 Å². The van der Waals surface area contributed by atoms with Gasteiger partial charge in [-0.05, 0) is 49.8 Å². The van der Waals surface area contributed by atoms with E-state index in [4.69, 9.17) is 0 Å². The fraction of sp³-hybridized carbons (Fsp3) is 0.389. The molecular weight excluding hydrogens is 286 g/mol. The molecule has 0 atom stereocenters. The number of aromatic nitrogens is 2. The molecule has 2 heterocycles. The Morgan fingerprint density at radius 3 is 2.57 bits per heavy atom. The zero-order chi connectivity index (χ0) is 16.5. The van der Waals surface area contributed by atoms with Crippen LogP contribution in [0.5, 0.6) is 0 Å². The van der Waals surface area contributed by atoms with E-state index in [1.165, 1.54) is 0 Å². The molecular formula is C18H23N5. The largest absolute Gasteiger partial charge is 0.369 e. The van der Waals surface area contributed by atoms with Gasteiger partial charge >= 0.3 is 0 Å². The molecule has 2 aromatic heterocycles. The Bertz CT molecular complexity index is 644. The molecule has 0 radical (unpaired) electrons. The Kier molecular flexibility index (Phi) is 6.52. The lowest BCUT2D eigenvalue weighted by atomic mass is 10.1. The number of anilines is 1. The average Bonchev–Trinajstić information content (AvgIpc) is 2.62. The summed E-state index contributed by atoms with van der Waals surface area (Å²) < 4.78 is 0. The predicted molar refractivity (Wildman–Crippen MR) is 93.1 cm³/mol. The standard InChI is InChI=1S/C18H23N5/c1-3-23(4-2)11-5-8-21-18-16(13-19)12-17(14-22-18)15-6-9-20-10-7-15/h6-7,9-10,12,14H,3-5,8,11H2,1-2H3,(H,21,22). The van der Waals surface area contributed by atoms with Gasteiger partial charge in [0.25, 0.3) is 0 Å². The maximum atomic E-state index is 9.36. The van der Waals surface area contributed by atoms with Crippen molar-refractivity contribution >= 4 is 5.82 Å². The Morgan fingerprint density at radius 1 is 1.17 bits per heavy atom. The fourth-order valence-electron chi connectivity index (χ4n) is 2.44. The van der Waals surface area contributed by atoms with Gasteiger partial charge in [-0.1, -0.05) is 13.8 Å². The van der Waals surface area contributed by atoms with Gasteiger partial charge in [0, 0.05) is 30.7 Å². The number of rotatable bonds is 8. The first-order chi connectivity index (χ1) is 11.3. The van der Waals surface area contributed by atoms with Gasteiger partial charge < -0.3 is 10.2 Å². The van der Waals surface area contributed by atoms with Gasteiger partial charge in [0.2, 0.25) is 0 Å². The van der Waals surface area contributed by atoms with Gasteiger partial charge in [0.1, 0.15) is 11.9 Å². The molecule has 0 saturated carbocycles. The molecule has 120 valence electrons. The van der Waals surface area contributed by atoms with E-state index in [1.807, 2.05) is 18.2 Å². The number of nitrogens with zero attached hydrogens (tertiary/aromatic N) is 4. The van der Waals surface area contributed by atoms with Crippen molar-refractivity contribution < 1.29 is 0 Å². The summed E-state index contributed by atoms with van der Waals surface area (Å²) in [5.74, 6) is 0.657. The lowest BCUT2D eigenvalue weighted by Gasteiger charge is -2.18. The van der Waals surface area contributed by atoms with Gasteiger partial charge in [-0.2, -0.15) is 5.26 Å². The van der Waals surface area contributed by atoms with Gasteiger partial charge in [0.15, 0.2) is 0 Å². The number of hydrogen-bond acceptors (Lipinski definition) is 5. The Labute approximate surface area is 138 Å². The highest BCUT2D eigenvalue weighted by Crippen LogP contribution is 2.22. The maximum Gasteiger partial charge on any atom is 0.143 e. The van der Waals surface area contributed by atoms with Crippen LogP contribution in [-0.2, 0) is 0 Å². The van der Waals surface area contributed by atoms with Crippen LogP contribution in [0.3, 0.4) is 0 Å². The van der Waals surface area contributed by atoms with Crippen molar-refractivity contribution in [3.63, 3.8) is 0 Å². The second-order valence-electron chi connectivity index (χ2n) is 5.28. The summed E-state index contributed by atoms with van der Waals surface area (Å²) in [6.07, 6.45) is 6.30. The Hall–Kier alpha value is -2.45. The van der Waals surface area contributed by atoms with E-state index in [2.05, 4.69) is 40.1 Å². The highest BCUT2D eigenvalue weighted by atomic mass is 15.1. The fourth-order valence-corrected chi connectivity index (χ4v) is 2.44. The number of nitriles is 1. The molecule has 0 fully saturated rings. The van der Waals surface area contributed by atoms with Gasteiger partial charge in [-0.3, -0.25) is 4.98 Å². The molecule has 0 aliphatic carbocycles. The van der Waals surface area contributed by atoms with E-state index in [1.54, 1.807) is 18.6 Å². The van der Waals surface area contributed by atoms with E-state index >= 15 is 0 Å². The first-order valence-electron chi connectivity index (χ1n) is 8.05. The maximum absolute atomic E-state index is 9.36. The average molecular weight is 309 g/mol. The van der Waals surface area contributed by atoms with Gasteiger partial charge in [-0.25, -0.2) is 4.98 Å². The zero-order valence-electron chi connectivity index (χ0n) is 13.8. The van der Waals surface area contributed by atoms with Crippen LogP contribution in [-0.4, -0.2) is 41.0 Å². The molecule has 5 nitrogen and oxygen atoms in total.